The van der Waals surface area contributed by atoms with Gasteiger partial charge >= 0.3 is 0 Å². The monoisotopic (exact) mass is 289 g/mol. The molecule has 0 radical (unpaired) electrons. The number of rotatable bonds is 5. The topological polar surface area (TPSA) is 12.4 Å². The summed E-state index contributed by atoms with van der Waals surface area (Å²) in [7, 11) is 0. The van der Waals surface area contributed by atoms with E-state index in [2.05, 4.69) is 62.1 Å². The molecule has 0 aliphatic heterocycles. The highest BCUT2D eigenvalue weighted by atomic mass is 14.7. The highest BCUT2D eigenvalue weighted by Gasteiger charge is 1.99. The van der Waals surface area contributed by atoms with E-state index in [4.69, 9.17) is 4.99 Å². The van der Waals surface area contributed by atoms with Crippen molar-refractivity contribution < 1.29 is 0 Å². The minimum atomic E-state index is 0.674. The van der Waals surface area contributed by atoms with E-state index in [-0.39, 0.29) is 0 Å². The van der Waals surface area contributed by atoms with Crippen LogP contribution in [0.25, 0.3) is 0 Å². The SMILES string of the molecule is CCCCC#CC(=NCc1ccc(C)cc1)c1ccccc1. The van der Waals surface area contributed by atoms with Crippen molar-refractivity contribution in [3.05, 3.63) is 71.3 Å². The quantitative estimate of drug-likeness (QED) is 0.408. The van der Waals surface area contributed by atoms with Crippen LogP contribution in [0.1, 0.15) is 42.9 Å². The summed E-state index contributed by atoms with van der Waals surface area (Å²) in [6, 6.07) is 18.7. The Labute approximate surface area is 134 Å². The molecule has 0 heterocycles. The average molecular weight is 289 g/mol. The Morgan fingerprint density at radius 2 is 1.73 bits per heavy atom. The Morgan fingerprint density at radius 1 is 1.00 bits per heavy atom. The molecule has 0 fully saturated rings. The number of hydrogen-bond donors (Lipinski definition) is 0. The van der Waals surface area contributed by atoms with Gasteiger partial charge in [0.05, 0.1) is 6.54 Å². The van der Waals surface area contributed by atoms with Crippen LogP contribution < -0.4 is 0 Å². The number of benzene rings is 2. The van der Waals surface area contributed by atoms with E-state index in [1.165, 1.54) is 17.5 Å². The molecule has 2 rings (SSSR count). The molecular weight excluding hydrogens is 266 g/mol. The molecule has 1 heteroatoms. The fourth-order valence-electron chi connectivity index (χ4n) is 2.07. The Balaban J connectivity index is 2.17. The molecule has 0 bridgehead atoms. The third-order valence-corrected chi connectivity index (χ3v) is 3.45. The van der Waals surface area contributed by atoms with E-state index in [1.54, 1.807) is 0 Å². The van der Waals surface area contributed by atoms with Crippen LogP contribution in [0.3, 0.4) is 0 Å². The highest BCUT2D eigenvalue weighted by Crippen LogP contribution is 2.07. The fourth-order valence-corrected chi connectivity index (χ4v) is 2.07. The number of aliphatic imine (C=N–C) groups is 1. The van der Waals surface area contributed by atoms with Crippen LogP contribution in [0.2, 0.25) is 0 Å². The molecule has 2 aromatic rings. The van der Waals surface area contributed by atoms with Crippen molar-refractivity contribution in [1.82, 2.24) is 0 Å². The normalized spacial score (nSPS) is 10.9. The first-order valence-corrected chi connectivity index (χ1v) is 7.94. The van der Waals surface area contributed by atoms with E-state index in [9.17, 15) is 0 Å². The summed E-state index contributed by atoms with van der Waals surface area (Å²) in [5.74, 6) is 6.50. The van der Waals surface area contributed by atoms with Gasteiger partial charge in [0.1, 0.15) is 5.71 Å². The van der Waals surface area contributed by atoms with Gasteiger partial charge in [-0.1, -0.05) is 79.4 Å². The Kier molecular flexibility index (Phi) is 6.45. The summed E-state index contributed by atoms with van der Waals surface area (Å²) in [4.78, 5) is 4.73. The Morgan fingerprint density at radius 3 is 2.41 bits per heavy atom. The zero-order valence-corrected chi connectivity index (χ0v) is 13.5. The van der Waals surface area contributed by atoms with Gasteiger partial charge in [0.15, 0.2) is 0 Å². The molecule has 0 aliphatic carbocycles. The second kappa shape index (κ2) is 8.85. The molecule has 0 saturated carbocycles. The molecule has 0 amide bonds. The largest absolute Gasteiger partial charge is 0.271 e. The lowest BCUT2D eigenvalue weighted by Gasteiger charge is -2.02. The summed E-state index contributed by atoms with van der Waals surface area (Å²) in [6.07, 6.45) is 3.26. The van der Waals surface area contributed by atoms with E-state index in [0.29, 0.717) is 6.54 Å². The first-order chi connectivity index (χ1) is 10.8. The van der Waals surface area contributed by atoms with E-state index >= 15 is 0 Å². The van der Waals surface area contributed by atoms with E-state index < -0.39 is 0 Å². The molecule has 0 unspecified atom stereocenters. The predicted octanol–water partition coefficient (Wildman–Crippen LogP) is 5.18. The van der Waals surface area contributed by atoms with Crippen LogP contribution in [0.5, 0.6) is 0 Å². The van der Waals surface area contributed by atoms with Crippen molar-refractivity contribution >= 4 is 5.71 Å². The molecule has 0 aliphatic rings. The number of aryl methyl sites for hydroxylation is 1. The first-order valence-electron chi connectivity index (χ1n) is 7.94. The third kappa shape index (κ3) is 5.22. The maximum Gasteiger partial charge on any atom is 0.115 e. The Bertz CT molecular complexity index is 655. The maximum atomic E-state index is 4.73. The summed E-state index contributed by atoms with van der Waals surface area (Å²) >= 11 is 0. The molecule has 0 N–H and O–H groups in total. The summed E-state index contributed by atoms with van der Waals surface area (Å²) in [6.45, 7) is 4.96. The zero-order chi connectivity index (χ0) is 15.6. The second-order valence-corrected chi connectivity index (χ2v) is 5.42. The molecular formula is C21H23N. The van der Waals surface area contributed by atoms with Crippen LogP contribution in [-0.2, 0) is 6.54 Å². The lowest BCUT2D eigenvalue weighted by atomic mass is 10.1. The average Bonchev–Trinajstić information content (AvgIpc) is 2.56. The minimum absolute atomic E-state index is 0.674. The molecule has 22 heavy (non-hydrogen) atoms. The smallest absolute Gasteiger partial charge is 0.115 e. The van der Waals surface area contributed by atoms with Gasteiger partial charge in [-0.05, 0) is 24.8 Å². The van der Waals surface area contributed by atoms with Crippen molar-refractivity contribution in [3.63, 3.8) is 0 Å². The van der Waals surface area contributed by atoms with Gasteiger partial charge in [0.25, 0.3) is 0 Å². The second-order valence-electron chi connectivity index (χ2n) is 5.42. The number of nitrogens with zero attached hydrogens (tertiary/aromatic N) is 1. The molecule has 0 aromatic heterocycles. The van der Waals surface area contributed by atoms with E-state index in [0.717, 1.165) is 24.1 Å². The standard InChI is InChI=1S/C21H23N/c1-3-4-5-9-12-21(20-10-7-6-8-11-20)22-17-19-15-13-18(2)14-16-19/h6-8,10-11,13-16H,3-5,17H2,1-2H3. The molecule has 0 spiro atoms. The van der Waals surface area contributed by atoms with Crippen LogP contribution in [0.4, 0.5) is 0 Å². The zero-order valence-electron chi connectivity index (χ0n) is 13.5. The van der Waals surface area contributed by atoms with Gasteiger partial charge in [0, 0.05) is 12.0 Å². The van der Waals surface area contributed by atoms with Crippen molar-refractivity contribution in [2.24, 2.45) is 4.99 Å². The maximum absolute atomic E-state index is 4.73. The lowest BCUT2D eigenvalue weighted by molar-refractivity contribution is 0.828. The highest BCUT2D eigenvalue weighted by molar-refractivity contribution is 6.12. The minimum Gasteiger partial charge on any atom is -0.271 e. The van der Waals surface area contributed by atoms with Crippen LogP contribution >= 0.6 is 0 Å². The molecule has 0 atom stereocenters. The fraction of sp³-hybridized carbons (Fsp3) is 0.286. The van der Waals surface area contributed by atoms with Gasteiger partial charge in [-0.2, -0.15) is 0 Å². The summed E-state index contributed by atoms with van der Waals surface area (Å²) < 4.78 is 0. The van der Waals surface area contributed by atoms with Crippen molar-refractivity contribution in [1.29, 1.82) is 0 Å². The van der Waals surface area contributed by atoms with E-state index in [1.807, 2.05) is 18.2 Å². The van der Waals surface area contributed by atoms with Gasteiger partial charge in [-0.25, -0.2) is 0 Å². The lowest BCUT2D eigenvalue weighted by Crippen LogP contribution is -1.98. The molecule has 0 saturated heterocycles. The molecule has 112 valence electrons. The third-order valence-electron chi connectivity index (χ3n) is 3.45. The van der Waals surface area contributed by atoms with Crippen molar-refractivity contribution in [2.75, 3.05) is 0 Å². The van der Waals surface area contributed by atoms with Crippen LogP contribution in [0.15, 0.2) is 59.6 Å². The first kappa shape index (κ1) is 16.0. The number of hydrogen-bond acceptors (Lipinski definition) is 1. The predicted molar refractivity (Wildman–Crippen MR) is 95.2 cm³/mol. The van der Waals surface area contributed by atoms with Gasteiger partial charge < -0.3 is 0 Å². The Hall–Kier alpha value is -2.33. The molecule has 2 aromatic carbocycles. The van der Waals surface area contributed by atoms with Crippen molar-refractivity contribution in [2.45, 2.75) is 39.7 Å². The number of unbranched alkanes of at least 4 members (excludes halogenated alkanes) is 2. The van der Waals surface area contributed by atoms with Crippen LogP contribution in [0, 0.1) is 18.8 Å². The summed E-state index contributed by atoms with van der Waals surface area (Å²) in [5.41, 5.74) is 4.47. The summed E-state index contributed by atoms with van der Waals surface area (Å²) in [5, 5.41) is 0. The van der Waals surface area contributed by atoms with Crippen LogP contribution in [-0.4, -0.2) is 5.71 Å². The van der Waals surface area contributed by atoms with Gasteiger partial charge in [0.2, 0.25) is 0 Å². The molecule has 1 nitrogen and oxygen atoms in total. The van der Waals surface area contributed by atoms with Crippen molar-refractivity contribution in [3.8, 4) is 11.8 Å². The van der Waals surface area contributed by atoms with Gasteiger partial charge in [-0.3, -0.25) is 4.99 Å². The van der Waals surface area contributed by atoms with Gasteiger partial charge in [-0.15, -0.1) is 0 Å².